The molecule has 5 rings (SSSR count). The van der Waals surface area contributed by atoms with Crippen LogP contribution in [0.15, 0.2) is 54.9 Å². The zero-order valence-electron chi connectivity index (χ0n) is 20.5. The second kappa shape index (κ2) is 10.5. The van der Waals surface area contributed by atoms with E-state index >= 15 is 0 Å². The Morgan fingerprint density at radius 3 is 2.74 bits per heavy atom. The Balaban J connectivity index is 1.51. The third-order valence-electron chi connectivity index (χ3n) is 6.44. The second-order valence-corrected chi connectivity index (χ2v) is 9.79. The third-order valence-corrected chi connectivity index (χ3v) is 7.52. The Labute approximate surface area is 210 Å². The number of rotatable bonds is 9. The molecule has 1 aliphatic rings. The molecule has 1 unspecified atom stereocenters. The zero-order chi connectivity index (χ0) is 24.2. The van der Waals surface area contributed by atoms with Gasteiger partial charge >= 0.3 is 0 Å². The number of thiazole rings is 1. The van der Waals surface area contributed by atoms with Gasteiger partial charge in [0.1, 0.15) is 11.0 Å². The molecule has 1 atom stereocenters. The van der Waals surface area contributed by atoms with Crippen molar-refractivity contribution in [1.82, 2.24) is 24.9 Å². The molecule has 0 aliphatic carbocycles. The van der Waals surface area contributed by atoms with Gasteiger partial charge in [-0.3, -0.25) is 0 Å². The van der Waals surface area contributed by atoms with Crippen LogP contribution in [0.2, 0.25) is 0 Å². The molecular formula is C27H31N5O2S. The number of ether oxygens (including phenoxy) is 2. The molecule has 4 aromatic rings. The van der Waals surface area contributed by atoms with Gasteiger partial charge in [0.25, 0.3) is 0 Å². The Hall–Kier alpha value is -3.39. The Kier molecular flexibility index (Phi) is 6.99. The fourth-order valence-corrected chi connectivity index (χ4v) is 5.62. The topological polar surface area (TPSA) is 65.3 Å². The first-order chi connectivity index (χ1) is 17.2. The van der Waals surface area contributed by atoms with E-state index < -0.39 is 0 Å². The van der Waals surface area contributed by atoms with Crippen molar-refractivity contribution in [2.45, 2.75) is 38.6 Å². The van der Waals surface area contributed by atoms with E-state index in [2.05, 4.69) is 64.9 Å². The van der Waals surface area contributed by atoms with Crippen molar-refractivity contribution in [2.24, 2.45) is 0 Å². The van der Waals surface area contributed by atoms with Gasteiger partial charge in [-0.05, 0) is 60.9 Å². The van der Waals surface area contributed by atoms with Crippen LogP contribution in [0.5, 0.6) is 11.5 Å². The minimum atomic E-state index is -0.214. The molecule has 0 radical (unpaired) electrons. The summed E-state index contributed by atoms with van der Waals surface area (Å²) in [6.45, 7) is 4.22. The predicted octanol–water partition coefficient (Wildman–Crippen LogP) is 5.26. The summed E-state index contributed by atoms with van der Waals surface area (Å²) in [7, 11) is 3.30. The normalized spacial score (nSPS) is 14.4. The first-order valence-corrected chi connectivity index (χ1v) is 12.9. The highest BCUT2D eigenvalue weighted by molar-refractivity contribution is 7.18. The monoisotopic (exact) mass is 489 g/mol. The molecule has 7 nitrogen and oxygen atoms in total. The van der Waals surface area contributed by atoms with E-state index in [1.54, 1.807) is 25.6 Å². The van der Waals surface area contributed by atoms with E-state index in [-0.39, 0.29) is 6.04 Å². The molecule has 182 valence electrons. The maximum Gasteiger partial charge on any atom is 0.161 e. The van der Waals surface area contributed by atoms with Crippen molar-refractivity contribution in [3.63, 3.8) is 0 Å². The van der Waals surface area contributed by atoms with Gasteiger partial charge in [-0.2, -0.15) is 0 Å². The van der Waals surface area contributed by atoms with Crippen molar-refractivity contribution in [3.05, 3.63) is 76.7 Å². The third kappa shape index (κ3) is 5.03. The second-order valence-electron chi connectivity index (χ2n) is 8.73. The Morgan fingerprint density at radius 1 is 1.09 bits per heavy atom. The number of methoxy groups -OCH3 is 2. The van der Waals surface area contributed by atoms with Crippen LogP contribution < -0.4 is 9.47 Å². The highest BCUT2D eigenvalue weighted by Gasteiger charge is 2.24. The molecule has 0 N–H and O–H groups in total. The molecule has 0 fully saturated rings. The van der Waals surface area contributed by atoms with Crippen molar-refractivity contribution in [2.75, 3.05) is 27.3 Å². The van der Waals surface area contributed by atoms with Crippen LogP contribution in [0.3, 0.4) is 0 Å². The number of aromatic nitrogens is 4. The van der Waals surface area contributed by atoms with E-state index in [1.165, 1.54) is 23.1 Å². The summed E-state index contributed by atoms with van der Waals surface area (Å²) in [5.74, 6) is 1.38. The maximum atomic E-state index is 5.60. The Bertz CT molecular complexity index is 1330. The lowest BCUT2D eigenvalue weighted by Crippen LogP contribution is -2.23. The predicted molar refractivity (Wildman–Crippen MR) is 139 cm³/mol. The van der Waals surface area contributed by atoms with Crippen LogP contribution in [-0.2, 0) is 12.8 Å². The first kappa shape index (κ1) is 23.4. The van der Waals surface area contributed by atoms with Gasteiger partial charge in [-0.1, -0.05) is 30.3 Å². The van der Waals surface area contributed by atoms with Crippen LogP contribution in [0.1, 0.15) is 47.6 Å². The van der Waals surface area contributed by atoms with E-state index in [0.717, 1.165) is 47.7 Å². The van der Waals surface area contributed by atoms with E-state index in [9.17, 15) is 0 Å². The molecule has 0 spiro atoms. The molecule has 0 amide bonds. The maximum absolute atomic E-state index is 5.60. The van der Waals surface area contributed by atoms with Crippen LogP contribution in [0, 0.1) is 0 Å². The molecule has 0 bridgehead atoms. The number of hydrogen-bond acceptors (Lipinski definition) is 7. The highest BCUT2D eigenvalue weighted by atomic mass is 32.1. The van der Waals surface area contributed by atoms with Crippen LogP contribution in [-0.4, -0.2) is 52.2 Å². The number of hydrogen-bond donors (Lipinski definition) is 0. The van der Waals surface area contributed by atoms with Crippen molar-refractivity contribution in [3.8, 4) is 11.5 Å². The largest absolute Gasteiger partial charge is 0.493 e. The smallest absolute Gasteiger partial charge is 0.161 e. The lowest BCUT2D eigenvalue weighted by Gasteiger charge is -2.22. The van der Waals surface area contributed by atoms with Crippen molar-refractivity contribution < 1.29 is 9.47 Å². The number of fused-ring (bicyclic) bond motifs is 1. The standard InChI is InChI=1S/C27H31N5O2S/c1-4-19-8-10-22-25(16-19)35-27(28-22)26(20-9-11-23(33-2)24(17-20)34-3)32-18-21(29-30-32)12-15-31-13-6-5-7-14-31/h6,8-11,13,16-18,26H,4-5,7,12,14-15H2,1-3H3. The minimum Gasteiger partial charge on any atom is -0.493 e. The summed E-state index contributed by atoms with van der Waals surface area (Å²) in [4.78, 5) is 7.36. The average Bonchev–Trinajstić information content (AvgIpc) is 3.54. The van der Waals surface area contributed by atoms with Gasteiger partial charge < -0.3 is 14.4 Å². The minimum absolute atomic E-state index is 0.214. The number of nitrogens with zero attached hydrogens (tertiary/aromatic N) is 5. The molecule has 0 saturated heterocycles. The summed E-state index contributed by atoms with van der Waals surface area (Å²) in [6.07, 6.45) is 10.7. The number of aryl methyl sites for hydroxylation is 1. The SMILES string of the molecule is CCc1ccc2nc(C(c3ccc(OC)c(OC)c3)n3cc(CCN4C=CCCC4)nn3)sc2c1. The first-order valence-electron chi connectivity index (χ1n) is 12.1. The summed E-state index contributed by atoms with van der Waals surface area (Å²) >= 11 is 1.70. The van der Waals surface area contributed by atoms with Crippen molar-refractivity contribution >= 4 is 21.6 Å². The molecule has 1 aliphatic heterocycles. The zero-order valence-corrected chi connectivity index (χ0v) is 21.3. The Morgan fingerprint density at radius 2 is 1.97 bits per heavy atom. The molecule has 2 aromatic heterocycles. The summed E-state index contributed by atoms with van der Waals surface area (Å²) < 4.78 is 14.2. The fourth-order valence-electron chi connectivity index (χ4n) is 4.46. The van der Waals surface area contributed by atoms with Crippen LogP contribution in [0.25, 0.3) is 10.2 Å². The lowest BCUT2D eigenvalue weighted by molar-refractivity contribution is 0.354. The molecule has 2 aromatic carbocycles. The van der Waals surface area contributed by atoms with E-state index in [4.69, 9.17) is 14.5 Å². The summed E-state index contributed by atoms with van der Waals surface area (Å²) in [5.41, 5.74) is 4.31. The van der Waals surface area contributed by atoms with Crippen LogP contribution >= 0.6 is 11.3 Å². The van der Waals surface area contributed by atoms with E-state index in [0.29, 0.717) is 11.5 Å². The quantitative estimate of drug-likeness (QED) is 0.320. The number of allylic oxidation sites excluding steroid dienone is 1. The van der Waals surface area contributed by atoms with Gasteiger partial charge in [0, 0.05) is 25.7 Å². The summed E-state index contributed by atoms with van der Waals surface area (Å²) in [6, 6.07) is 12.3. The molecule has 8 heteroatoms. The fraction of sp³-hybridized carbons (Fsp3) is 0.370. The van der Waals surface area contributed by atoms with Crippen LogP contribution in [0.4, 0.5) is 0 Å². The van der Waals surface area contributed by atoms with E-state index in [1.807, 2.05) is 16.8 Å². The van der Waals surface area contributed by atoms with Gasteiger partial charge in [0.2, 0.25) is 0 Å². The van der Waals surface area contributed by atoms with Gasteiger partial charge in [-0.25, -0.2) is 9.67 Å². The molecular weight excluding hydrogens is 458 g/mol. The molecule has 3 heterocycles. The van der Waals surface area contributed by atoms with Gasteiger partial charge in [0.15, 0.2) is 11.5 Å². The highest BCUT2D eigenvalue weighted by Crippen LogP contribution is 2.37. The lowest BCUT2D eigenvalue weighted by atomic mass is 10.1. The van der Waals surface area contributed by atoms with Crippen molar-refractivity contribution in [1.29, 1.82) is 0 Å². The molecule has 35 heavy (non-hydrogen) atoms. The van der Waals surface area contributed by atoms with Gasteiger partial charge in [0.05, 0.1) is 30.1 Å². The van der Waals surface area contributed by atoms with Gasteiger partial charge in [-0.15, -0.1) is 16.4 Å². The summed E-state index contributed by atoms with van der Waals surface area (Å²) in [5, 5.41) is 10.0. The number of benzene rings is 2. The molecule has 0 saturated carbocycles. The average molecular weight is 490 g/mol.